The van der Waals surface area contributed by atoms with Crippen LogP contribution in [-0.4, -0.2) is 71.9 Å². The van der Waals surface area contributed by atoms with E-state index in [1.165, 1.54) is 16.0 Å². The van der Waals surface area contributed by atoms with Gasteiger partial charge in [0.2, 0.25) is 0 Å². The number of fused-ring (bicyclic) bond motifs is 1. The normalized spacial score (nSPS) is 15.4. The molecule has 4 aromatic rings. The lowest BCUT2D eigenvalue weighted by atomic mass is 10.0. The molecule has 0 bridgehead atoms. The Kier molecular flexibility index (Phi) is 9.33. The lowest BCUT2D eigenvalue weighted by Gasteiger charge is -2.31. The number of hydrogen-bond acceptors (Lipinski definition) is 6. The van der Waals surface area contributed by atoms with Crippen molar-refractivity contribution in [2.45, 2.75) is 32.0 Å². The van der Waals surface area contributed by atoms with Crippen molar-refractivity contribution in [1.29, 1.82) is 0 Å². The third-order valence-electron chi connectivity index (χ3n) is 8.49. The maximum absolute atomic E-state index is 12.8. The number of nitrogens with zero attached hydrogens (tertiary/aromatic N) is 3. The van der Waals surface area contributed by atoms with Gasteiger partial charge in [-0.05, 0) is 54.8 Å². The first kappa shape index (κ1) is 30.2. The topological polar surface area (TPSA) is 82.2 Å². The molecule has 0 aromatic heterocycles. The molecule has 0 unspecified atom stereocenters. The van der Waals surface area contributed by atoms with Crippen molar-refractivity contribution in [3.8, 4) is 11.1 Å². The van der Waals surface area contributed by atoms with Crippen LogP contribution in [0.15, 0.2) is 103 Å². The molecule has 0 radical (unpaired) electrons. The van der Waals surface area contributed by atoms with E-state index < -0.39 is 6.09 Å². The molecule has 1 saturated heterocycles. The fourth-order valence-electron chi connectivity index (χ4n) is 6.13. The van der Waals surface area contributed by atoms with Gasteiger partial charge in [0, 0.05) is 44.8 Å². The molecule has 230 valence electrons. The van der Waals surface area contributed by atoms with E-state index in [2.05, 4.69) is 39.4 Å². The minimum atomic E-state index is -0.420. The molecular formula is C37H38N4O4. The van der Waals surface area contributed by atoms with E-state index in [1.807, 2.05) is 61.6 Å². The number of carbonyl (C=O) groups excluding carboxylic acids is 3. The summed E-state index contributed by atoms with van der Waals surface area (Å²) < 4.78 is 5.81. The van der Waals surface area contributed by atoms with Crippen LogP contribution in [0.3, 0.4) is 0 Å². The Hall–Kier alpha value is -4.79. The number of ether oxygens (including phenoxy) is 1. The molecule has 8 nitrogen and oxygen atoms in total. The molecule has 2 aliphatic rings. The number of imide groups is 1. The second kappa shape index (κ2) is 13.9. The number of anilines is 1. The highest BCUT2D eigenvalue weighted by Crippen LogP contribution is 2.28. The second-order valence-corrected chi connectivity index (χ2v) is 11.8. The van der Waals surface area contributed by atoms with Crippen LogP contribution in [0.2, 0.25) is 0 Å². The van der Waals surface area contributed by atoms with Gasteiger partial charge in [0.1, 0.15) is 6.10 Å². The van der Waals surface area contributed by atoms with Gasteiger partial charge in [-0.15, -0.1) is 0 Å². The number of likely N-dealkylation sites (tertiary alicyclic amines) is 1. The molecule has 3 amide bonds. The van der Waals surface area contributed by atoms with E-state index in [-0.39, 0.29) is 17.9 Å². The number of hydrogen-bond donors (Lipinski definition) is 1. The van der Waals surface area contributed by atoms with Crippen LogP contribution >= 0.6 is 0 Å². The van der Waals surface area contributed by atoms with Crippen molar-refractivity contribution >= 4 is 23.6 Å². The van der Waals surface area contributed by atoms with Crippen LogP contribution in [0.4, 0.5) is 10.5 Å². The van der Waals surface area contributed by atoms with Gasteiger partial charge in [-0.25, -0.2) is 4.79 Å². The van der Waals surface area contributed by atoms with Crippen LogP contribution in [0.25, 0.3) is 11.1 Å². The van der Waals surface area contributed by atoms with Crippen molar-refractivity contribution in [3.05, 3.63) is 125 Å². The zero-order valence-corrected chi connectivity index (χ0v) is 25.5. The maximum atomic E-state index is 12.8. The number of piperidine rings is 1. The Bertz CT molecular complexity index is 1630. The lowest BCUT2D eigenvalue weighted by Crippen LogP contribution is -2.38. The monoisotopic (exact) mass is 602 g/mol. The Morgan fingerprint density at radius 2 is 1.42 bits per heavy atom. The predicted molar refractivity (Wildman–Crippen MR) is 175 cm³/mol. The molecule has 2 heterocycles. The summed E-state index contributed by atoms with van der Waals surface area (Å²) in [5.74, 6) is -0.427. The number of carbonyl (C=O) groups is 3. The predicted octanol–water partition coefficient (Wildman–Crippen LogP) is 6.29. The number of para-hydroxylation sites is 1. The molecule has 1 fully saturated rings. The van der Waals surface area contributed by atoms with Crippen molar-refractivity contribution in [3.63, 3.8) is 0 Å². The Morgan fingerprint density at radius 1 is 0.800 bits per heavy atom. The summed E-state index contributed by atoms with van der Waals surface area (Å²) in [4.78, 5) is 44.0. The SMILES string of the molecule is CN(CCN1C(=O)c2ccccc2C1=O)Cc1cccc(CN2CCC(OC(=O)Nc3ccccc3-c3ccccc3)CC2)c1. The standard InChI is InChI=1S/C37H38N4O4/c1-39(22-23-41-35(42)32-15-5-6-16-33(32)36(41)43)25-27-10-9-11-28(24-27)26-40-20-18-30(19-21-40)45-37(44)38-34-17-8-7-14-31(34)29-12-3-2-4-13-29/h2-17,24,30H,18-23,25-26H2,1H3,(H,38,44). The van der Waals surface area contributed by atoms with Crippen LogP contribution in [0.5, 0.6) is 0 Å². The molecule has 1 N–H and O–H groups in total. The molecule has 45 heavy (non-hydrogen) atoms. The first-order chi connectivity index (χ1) is 21.9. The molecule has 8 heteroatoms. The van der Waals surface area contributed by atoms with Crippen LogP contribution in [0, 0.1) is 0 Å². The largest absolute Gasteiger partial charge is 0.446 e. The van der Waals surface area contributed by atoms with Gasteiger partial charge in [-0.1, -0.05) is 84.9 Å². The van der Waals surface area contributed by atoms with E-state index >= 15 is 0 Å². The van der Waals surface area contributed by atoms with E-state index in [1.54, 1.807) is 24.3 Å². The van der Waals surface area contributed by atoms with Gasteiger partial charge < -0.3 is 9.64 Å². The summed E-state index contributed by atoms with van der Waals surface area (Å²) in [6.45, 7) is 4.20. The van der Waals surface area contributed by atoms with E-state index in [0.29, 0.717) is 24.2 Å². The van der Waals surface area contributed by atoms with E-state index in [4.69, 9.17) is 4.74 Å². The number of rotatable bonds is 10. The molecule has 0 spiro atoms. The summed E-state index contributed by atoms with van der Waals surface area (Å²) in [5, 5.41) is 2.95. The van der Waals surface area contributed by atoms with Gasteiger partial charge in [-0.2, -0.15) is 0 Å². The highest BCUT2D eigenvalue weighted by Gasteiger charge is 2.34. The average Bonchev–Trinajstić information content (AvgIpc) is 3.30. The van der Waals surface area contributed by atoms with Gasteiger partial charge >= 0.3 is 6.09 Å². The minimum absolute atomic E-state index is 0.118. The second-order valence-electron chi connectivity index (χ2n) is 11.8. The molecule has 4 aromatic carbocycles. The molecule has 0 aliphatic carbocycles. The quantitative estimate of drug-likeness (QED) is 0.215. The number of benzene rings is 4. The Labute approximate surface area is 264 Å². The van der Waals surface area contributed by atoms with Crippen molar-refractivity contribution in [1.82, 2.24) is 14.7 Å². The number of amides is 3. The van der Waals surface area contributed by atoms with E-state index in [9.17, 15) is 14.4 Å². The zero-order chi connectivity index (χ0) is 31.2. The fraction of sp³-hybridized carbons (Fsp3) is 0.270. The molecule has 2 aliphatic heterocycles. The molecular weight excluding hydrogens is 564 g/mol. The molecule has 0 atom stereocenters. The third kappa shape index (κ3) is 7.30. The van der Waals surface area contributed by atoms with Crippen molar-refractivity contribution in [2.24, 2.45) is 0 Å². The van der Waals surface area contributed by atoms with Crippen LogP contribution in [0.1, 0.15) is 44.7 Å². The first-order valence-electron chi connectivity index (χ1n) is 15.5. The van der Waals surface area contributed by atoms with Gasteiger partial charge in [-0.3, -0.25) is 24.7 Å². The Balaban J connectivity index is 0.948. The van der Waals surface area contributed by atoms with Crippen LogP contribution < -0.4 is 5.32 Å². The zero-order valence-electron chi connectivity index (χ0n) is 25.5. The van der Waals surface area contributed by atoms with Crippen molar-refractivity contribution in [2.75, 3.05) is 38.5 Å². The summed E-state index contributed by atoms with van der Waals surface area (Å²) in [6.07, 6.45) is 1.03. The maximum Gasteiger partial charge on any atom is 0.411 e. The summed E-state index contributed by atoms with van der Waals surface area (Å²) in [7, 11) is 2.01. The number of likely N-dealkylation sites (N-methyl/N-ethyl adjacent to an activating group) is 1. The summed E-state index contributed by atoms with van der Waals surface area (Å²) in [5.41, 5.74) is 6.13. The highest BCUT2D eigenvalue weighted by atomic mass is 16.6. The summed E-state index contributed by atoms with van der Waals surface area (Å²) in [6, 6.07) is 33.3. The van der Waals surface area contributed by atoms with Gasteiger partial charge in [0.05, 0.1) is 16.8 Å². The lowest BCUT2D eigenvalue weighted by molar-refractivity contribution is 0.0565. The van der Waals surface area contributed by atoms with Gasteiger partial charge in [0.15, 0.2) is 0 Å². The highest BCUT2D eigenvalue weighted by molar-refractivity contribution is 6.21. The smallest absolute Gasteiger partial charge is 0.411 e. The third-order valence-corrected chi connectivity index (χ3v) is 8.49. The van der Waals surface area contributed by atoms with E-state index in [0.717, 1.165) is 55.8 Å². The van der Waals surface area contributed by atoms with Crippen LogP contribution in [-0.2, 0) is 17.8 Å². The average molecular weight is 603 g/mol. The molecule has 0 saturated carbocycles. The minimum Gasteiger partial charge on any atom is -0.446 e. The van der Waals surface area contributed by atoms with Crippen molar-refractivity contribution < 1.29 is 19.1 Å². The fourth-order valence-corrected chi connectivity index (χ4v) is 6.13. The van der Waals surface area contributed by atoms with Gasteiger partial charge in [0.25, 0.3) is 11.8 Å². The first-order valence-corrected chi connectivity index (χ1v) is 15.5. The molecule has 6 rings (SSSR count). The number of nitrogens with one attached hydrogen (secondary N) is 1. The Morgan fingerprint density at radius 3 is 2.13 bits per heavy atom. The summed E-state index contributed by atoms with van der Waals surface area (Å²) >= 11 is 0.